The maximum atomic E-state index is 13.3. The number of carbonyl (C=O) groups is 2. The number of amides is 2. The second kappa shape index (κ2) is 11.1. The molecule has 0 aromatic heterocycles. The van der Waals surface area contributed by atoms with Crippen molar-refractivity contribution in [3.05, 3.63) is 58.9 Å². The molecule has 2 N–H and O–H groups in total. The van der Waals surface area contributed by atoms with E-state index < -0.39 is 23.0 Å². The number of hydrogen-bond acceptors (Lipinski definition) is 4. The highest BCUT2D eigenvalue weighted by Crippen LogP contribution is 2.30. The van der Waals surface area contributed by atoms with Gasteiger partial charge in [0, 0.05) is 29.2 Å². The Morgan fingerprint density at radius 1 is 1.10 bits per heavy atom. The predicted octanol–water partition coefficient (Wildman–Crippen LogP) is 3.84. The summed E-state index contributed by atoms with van der Waals surface area (Å²) < 4.78 is 18.9. The zero-order chi connectivity index (χ0) is 23.0. The quantitative estimate of drug-likeness (QED) is 0.450. The van der Waals surface area contributed by atoms with E-state index in [4.69, 9.17) is 16.3 Å². The molecule has 2 aromatic rings. The average molecular weight is 450 g/mol. The first-order valence-corrected chi connectivity index (χ1v) is 10.4. The van der Waals surface area contributed by atoms with Gasteiger partial charge in [-0.15, -0.1) is 0 Å². The second-order valence-electron chi connectivity index (χ2n) is 8.17. The number of rotatable bonds is 9. The van der Waals surface area contributed by atoms with Crippen LogP contribution in [0.2, 0.25) is 5.02 Å². The van der Waals surface area contributed by atoms with E-state index in [-0.39, 0.29) is 11.6 Å². The molecule has 6 nitrogen and oxygen atoms in total. The Morgan fingerprint density at radius 3 is 2.39 bits per heavy atom. The molecule has 0 saturated carbocycles. The predicted molar refractivity (Wildman–Crippen MR) is 121 cm³/mol. The van der Waals surface area contributed by atoms with Crippen molar-refractivity contribution in [2.45, 2.75) is 25.7 Å². The fourth-order valence-electron chi connectivity index (χ4n) is 2.91. The maximum Gasteiger partial charge on any atom is 0.313 e. The van der Waals surface area contributed by atoms with E-state index in [1.165, 1.54) is 12.1 Å². The highest BCUT2D eigenvalue weighted by atomic mass is 35.5. The second-order valence-corrected chi connectivity index (χ2v) is 8.58. The standard InChI is InChI=1S/C23H29ClFN3O3/c1-23(2,19-11-6-16(25)14-20(19)24)15-26-21(29)22(30)27-17-7-9-18(10-8-17)31-13-5-12-28(3)4/h6-11,14H,5,12-13,15H2,1-4H3,(H,26,29)(H,27,30). The van der Waals surface area contributed by atoms with Gasteiger partial charge < -0.3 is 20.3 Å². The number of nitrogens with zero attached hydrogens (tertiary/aromatic N) is 1. The lowest BCUT2D eigenvalue weighted by atomic mass is 9.84. The summed E-state index contributed by atoms with van der Waals surface area (Å²) in [7, 11) is 4.01. The van der Waals surface area contributed by atoms with Gasteiger partial charge in [-0.2, -0.15) is 0 Å². The van der Waals surface area contributed by atoms with Crippen LogP contribution in [0, 0.1) is 5.82 Å². The number of carbonyl (C=O) groups excluding carboxylic acids is 2. The fourth-order valence-corrected chi connectivity index (χ4v) is 3.33. The van der Waals surface area contributed by atoms with Gasteiger partial charge >= 0.3 is 11.8 Å². The van der Waals surface area contributed by atoms with Crippen LogP contribution in [0.4, 0.5) is 10.1 Å². The smallest absolute Gasteiger partial charge is 0.313 e. The van der Waals surface area contributed by atoms with E-state index in [9.17, 15) is 14.0 Å². The monoisotopic (exact) mass is 449 g/mol. The van der Waals surface area contributed by atoms with Gasteiger partial charge in [-0.1, -0.05) is 31.5 Å². The largest absolute Gasteiger partial charge is 0.494 e. The van der Waals surface area contributed by atoms with Crippen LogP contribution >= 0.6 is 11.6 Å². The first-order chi connectivity index (χ1) is 14.6. The van der Waals surface area contributed by atoms with Crippen LogP contribution < -0.4 is 15.4 Å². The molecule has 0 atom stereocenters. The van der Waals surface area contributed by atoms with Crippen LogP contribution in [0.3, 0.4) is 0 Å². The maximum absolute atomic E-state index is 13.3. The molecule has 168 valence electrons. The summed E-state index contributed by atoms with van der Waals surface area (Å²) in [6.07, 6.45) is 0.908. The third kappa shape index (κ3) is 7.84. The van der Waals surface area contributed by atoms with Gasteiger partial charge in [0.1, 0.15) is 11.6 Å². The molecule has 2 aromatic carbocycles. The van der Waals surface area contributed by atoms with Crippen LogP contribution in [-0.2, 0) is 15.0 Å². The number of benzene rings is 2. The summed E-state index contributed by atoms with van der Waals surface area (Å²) in [6.45, 7) is 5.39. The summed E-state index contributed by atoms with van der Waals surface area (Å²) in [4.78, 5) is 26.5. The van der Waals surface area contributed by atoms with Gasteiger partial charge in [-0.25, -0.2) is 4.39 Å². The molecule has 0 unspecified atom stereocenters. The zero-order valence-electron chi connectivity index (χ0n) is 18.3. The molecule has 2 amide bonds. The molecule has 0 bridgehead atoms. The number of nitrogens with one attached hydrogen (secondary N) is 2. The van der Waals surface area contributed by atoms with Crippen LogP contribution in [0.1, 0.15) is 25.8 Å². The minimum atomic E-state index is -0.777. The Bertz CT molecular complexity index is 901. The first kappa shape index (κ1) is 24.6. The van der Waals surface area contributed by atoms with Crippen molar-refractivity contribution in [3.63, 3.8) is 0 Å². The molecular weight excluding hydrogens is 421 g/mol. The number of hydrogen-bond donors (Lipinski definition) is 2. The van der Waals surface area contributed by atoms with Crippen LogP contribution in [0.5, 0.6) is 5.75 Å². The van der Waals surface area contributed by atoms with E-state index in [0.29, 0.717) is 23.6 Å². The van der Waals surface area contributed by atoms with Gasteiger partial charge in [-0.3, -0.25) is 9.59 Å². The van der Waals surface area contributed by atoms with Crippen molar-refractivity contribution < 1.29 is 18.7 Å². The molecule has 31 heavy (non-hydrogen) atoms. The van der Waals surface area contributed by atoms with Gasteiger partial charge in [-0.05, 0) is 62.5 Å². The molecule has 0 heterocycles. The molecule has 0 aliphatic heterocycles. The molecule has 0 fully saturated rings. The molecule has 8 heteroatoms. The fraction of sp³-hybridized carbons (Fsp3) is 0.391. The lowest BCUT2D eigenvalue weighted by molar-refractivity contribution is -0.136. The SMILES string of the molecule is CN(C)CCCOc1ccc(NC(=O)C(=O)NCC(C)(C)c2ccc(F)cc2Cl)cc1. The van der Waals surface area contributed by atoms with Crippen LogP contribution in [0.15, 0.2) is 42.5 Å². The number of halogens is 2. The normalized spacial score (nSPS) is 11.3. The highest BCUT2D eigenvalue weighted by Gasteiger charge is 2.26. The molecule has 0 spiro atoms. The third-order valence-corrected chi connectivity index (χ3v) is 5.00. The van der Waals surface area contributed by atoms with E-state index >= 15 is 0 Å². The summed E-state index contributed by atoms with van der Waals surface area (Å²) >= 11 is 6.12. The Balaban J connectivity index is 1.84. The lowest BCUT2D eigenvalue weighted by Crippen LogP contribution is -2.42. The van der Waals surface area contributed by atoms with Crippen molar-refractivity contribution >= 4 is 29.1 Å². The van der Waals surface area contributed by atoms with Gasteiger partial charge in [0.2, 0.25) is 0 Å². The van der Waals surface area contributed by atoms with Gasteiger partial charge in [0.25, 0.3) is 0 Å². The van der Waals surface area contributed by atoms with Crippen molar-refractivity contribution in [2.24, 2.45) is 0 Å². The Kier molecular flexibility index (Phi) is 8.83. The van der Waals surface area contributed by atoms with E-state index in [2.05, 4.69) is 15.5 Å². The molecule has 0 aliphatic carbocycles. The van der Waals surface area contributed by atoms with Crippen molar-refractivity contribution in [2.75, 3.05) is 39.1 Å². The first-order valence-electron chi connectivity index (χ1n) is 10.0. The van der Waals surface area contributed by atoms with Crippen LogP contribution in [-0.4, -0.2) is 50.5 Å². The molecule has 0 radical (unpaired) electrons. The number of ether oxygens (including phenoxy) is 1. The lowest BCUT2D eigenvalue weighted by Gasteiger charge is -2.26. The Morgan fingerprint density at radius 2 is 1.77 bits per heavy atom. The summed E-state index contributed by atoms with van der Waals surface area (Å²) in [5, 5.41) is 5.43. The highest BCUT2D eigenvalue weighted by molar-refractivity contribution is 6.39. The van der Waals surface area contributed by atoms with Gasteiger partial charge in [0.15, 0.2) is 0 Å². The van der Waals surface area contributed by atoms with E-state index in [0.717, 1.165) is 13.0 Å². The summed E-state index contributed by atoms with van der Waals surface area (Å²) in [6, 6.07) is 10.9. The average Bonchev–Trinajstić information content (AvgIpc) is 2.70. The van der Waals surface area contributed by atoms with E-state index in [1.807, 2.05) is 27.9 Å². The molecule has 2 rings (SSSR count). The van der Waals surface area contributed by atoms with Crippen molar-refractivity contribution in [1.82, 2.24) is 10.2 Å². The molecular formula is C23H29ClFN3O3. The third-order valence-electron chi connectivity index (χ3n) is 4.69. The topological polar surface area (TPSA) is 70.7 Å². The summed E-state index contributed by atoms with van der Waals surface area (Å²) in [5.41, 5.74) is 0.575. The minimum Gasteiger partial charge on any atom is -0.494 e. The van der Waals surface area contributed by atoms with E-state index in [1.54, 1.807) is 30.3 Å². The number of anilines is 1. The van der Waals surface area contributed by atoms with Crippen molar-refractivity contribution in [3.8, 4) is 5.75 Å². The summed E-state index contributed by atoms with van der Waals surface area (Å²) in [5.74, 6) is -1.28. The molecule has 0 saturated heterocycles. The zero-order valence-corrected chi connectivity index (χ0v) is 19.1. The minimum absolute atomic E-state index is 0.157. The van der Waals surface area contributed by atoms with Crippen LogP contribution in [0.25, 0.3) is 0 Å². The Labute approximate surface area is 187 Å². The van der Waals surface area contributed by atoms with Gasteiger partial charge in [0.05, 0.1) is 6.61 Å². The van der Waals surface area contributed by atoms with Crippen molar-refractivity contribution in [1.29, 1.82) is 0 Å². The Hall–Kier alpha value is -2.64. The molecule has 0 aliphatic rings.